The Bertz CT molecular complexity index is 569. The number of carbonyl (C=O) groups excluding carboxylic acids is 2. The lowest BCUT2D eigenvalue weighted by Gasteiger charge is -2.39. The molecule has 2 aliphatic heterocycles. The third-order valence-corrected chi connectivity index (χ3v) is 4.31. The van der Waals surface area contributed by atoms with Crippen LogP contribution in [0, 0.1) is 0 Å². The van der Waals surface area contributed by atoms with E-state index in [-0.39, 0.29) is 37.5 Å². The van der Waals surface area contributed by atoms with Crippen LogP contribution in [0.4, 0.5) is 4.39 Å². The normalized spacial score (nSPS) is 21.1. The molecule has 0 N–H and O–H groups in total. The Balaban J connectivity index is 1.61. The number of hydrogen-bond acceptors (Lipinski definition) is 5. The summed E-state index contributed by atoms with van der Waals surface area (Å²) in [5.74, 6) is -0.758. The third kappa shape index (κ3) is 3.31. The van der Waals surface area contributed by atoms with E-state index in [2.05, 4.69) is 9.97 Å². The second-order valence-electron chi connectivity index (χ2n) is 5.75. The van der Waals surface area contributed by atoms with Crippen molar-refractivity contribution in [2.24, 2.45) is 0 Å². The van der Waals surface area contributed by atoms with Crippen LogP contribution in [0.1, 0.15) is 23.3 Å². The number of amides is 2. The molecule has 0 atom stereocenters. The minimum atomic E-state index is -1.89. The van der Waals surface area contributed by atoms with Crippen molar-refractivity contribution in [1.29, 1.82) is 0 Å². The molecule has 1 aromatic heterocycles. The van der Waals surface area contributed by atoms with E-state index in [1.165, 1.54) is 28.4 Å². The number of likely N-dealkylation sites (tertiary alicyclic amines) is 1. The maximum absolute atomic E-state index is 15.0. The van der Waals surface area contributed by atoms with E-state index in [1.807, 2.05) is 0 Å². The van der Waals surface area contributed by atoms with Gasteiger partial charge in [0.05, 0.1) is 19.4 Å². The molecule has 0 spiro atoms. The molecule has 0 saturated carbocycles. The van der Waals surface area contributed by atoms with Crippen LogP contribution >= 0.6 is 0 Å². The molecule has 8 heteroatoms. The van der Waals surface area contributed by atoms with Gasteiger partial charge in [0.15, 0.2) is 5.67 Å². The lowest BCUT2D eigenvalue weighted by atomic mass is 9.91. The van der Waals surface area contributed by atoms with Crippen molar-refractivity contribution in [3.05, 3.63) is 24.3 Å². The second kappa shape index (κ2) is 6.57. The third-order valence-electron chi connectivity index (χ3n) is 4.31. The van der Waals surface area contributed by atoms with Crippen LogP contribution in [0.2, 0.25) is 0 Å². The number of ether oxygens (including phenoxy) is 1. The highest BCUT2D eigenvalue weighted by atomic mass is 19.1. The summed E-state index contributed by atoms with van der Waals surface area (Å²) in [7, 11) is 0. The van der Waals surface area contributed by atoms with Crippen molar-refractivity contribution >= 4 is 11.8 Å². The maximum Gasteiger partial charge on any atom is 0.274 e. The van der Waals surface area contributed by atoms with Crippen molar-refractivity contribution in [2.75, 3.05) is 39.4 Å². The molecule has 124 valence electrons. The molecule has 1 aromatic rings. The van der Waals surface area contributed by atoms with Gasteiger partial charge in [-0.25, -0.2) is 9.37 Å². The average molecular weight is 322 g/mol. The molecule has 0 aromatic carbocycles. The fraction of sp³-hybridized carbons (Fsp3) is 0.600. The molecule has 3 heterocycles. The number of carbonyl (C=O) groups is 2. The monoisotopic (exact) mass is 322 g/mol. The van der Waals surface area contributed by atoms with Gasteiger partial charge < -0.3 is 14.5 Å². The van der Waals surface area contributed by atoms with Gasteiger partial charge in [0.1, 0.15) is 5.69 Å². The van der Waals surface area contributed by atoms with Gasteiger partial charge in [-0.1, -0.05) is 0 Å². The molecule has 7 nitrogen and oxygen atoms in total. The van der Waals surface area contributed by atoms with Crippen LogP contribution in [-0.2, 0) is 9.53 Å². The first kappa shape index (κ1) is 15.8. The Kier molecular flexibility index (Phi) is 4.51. The molecule has 23 heavy (non-hydrogen) atoms. The molecule has 2 aliphatic rings. The van der Waals surface area contributed by atoms with E-state index >= 15 is 0 Å². The van der Waals surface area contributed by atoms with Crippen LogP contribution in [0.3, 0.4) is 0 Å². The highest BCUT2D eigenvalue weighted by Crippen LogP contribution is 2.29. The number of halogens is 1. The summed E-state index contributed by atoms with van der Waals surface area (Å²) >= 11 is 0. The van der Waals surface area contributed by atoms with Gasteiger partial charge in [0, 0.05) is 51.4 Å². The Hall–Kier alpha value is -2.09. The fourth-order valence-corrected chi connectivity index (χ4v) is 2.90. The Labute approximate surface area is 133 Å². The minimum absolute atomic E-state index is 0.00912. The van der Waals surface area contributed by atoms with Crippen molar-refractivity contribution in [2.45, 2.75) is 18.5 Å². The number of morpholine rings is 1. The lowest BCUT2D eigenvalue weighted by Crippen LogP contribution is -2.55. The van der Waals surface area contributed by atoms with E-state index in [9.17, 15) is 14.0 Å². The predicted molar refractivity (Wildman–Crippen MR) is 78.4 cm³/mol. The molecule has 0 aliphatic carbocycles. The van der Waals surface area contributed by atoms with Gasteiger partial charge in [0.2, 0.25) is 0 Å². The standard InChI is InChI=1S/C15H19FN4O3/c16-15(14(22)20-7-9-23-10-8-20)1-5-19(6-2-15)13(21)12-11-17-3-4-18-12/h3-4,11H,1-2,5-10H2. The Morgan fingerprint density at radius 1 is 1.09 bits per heavy atom. The topological polar surface area (TPSA) is 75.6 Å². The number of aromatic nitrogens is 2. The lowest BCUT2D eigenvalue weighted by molar-refractivity contribution is -0.151. The number of hydrogen-bond donors (Lipinski definition) is 0. The van der Waals surface area contributed by atoms with E-state index in [0.717, 1.165) is 0 Å². The molecule has 2 fully saturated rings. The largest absolute Gasteiger partial charge is 0.378 e. The maximum atomic E-state index is 15.0. The molecule has 2 amide bonds. The van der Waals surface area contributed by atoms with Gasteiger partial charge in [0.25, 0.3) is 11.8 Å². The number of rotatable bonds is 2. The predicted octanol–water partition coefficient (Wildman–Crippen LogP) is 0.280. The number of nitrogens with zero attached hydrogens (tertiary/aromatic N) is 4. The van der Waals surface area contributed by atoms with Crippen molar-refractivity contribution in [3.63, 3.8) is 0 Å². The molecule has 0 unspecified atom stereocenters. The number of piperidine rings is 1. The quantitative estimate of drug-likeness (QED) is 0.782. The molecule has 0 bridgehead atoms. The van der Waals surface area contributed by atoms with Crippen LogP contribution in [0.25, 0.3) is 0 Å². The van der Waals surface area contributed by atoms with E-state index in [0.29, 0.717) is 26.3 Å². The SMILES string of the molecule is O=C(c1cnccn1)N1CCC(F)(C(=O)N2CCOCC2)CC1. The van der Waals surface area contributed by atoms with Gasteiger partial charge in [-0.05, 0) is 0 Å². The summed E-state index contributed by atoms with van der Waals surface area (Å²) in [5.41, 5.74) is -1.66. The molecular formula is C15H19FN4O3. The first-order chi connectivity index (χ1) is 11.1. The average Bonchev–Trinajstić information content (AvgIpc) is 2.62. The van der Waals surface area contributed by atoms with Gasteiger partial charge in [-0.2, -0.15) is 0 Å². The van der Waals surface area contributed by atoms with Crippen molar-refractivity contribution < 1.29 is 18.7 Å². The van der Waals surface area contributed by atoms with Crippen LogP contribution in [0.15, 0.2) is 18.6 Å². The minimum Gasteiger partial charge on any atom is -0.378 e. The highest BCUT2D eigenvalue weighted by Gasteiger charge is 2.45. The highest BCUT2D eigenvalue weighted by molar-refractivity contribution is 5.92. The summed E-state index contributed by atoms with van der Waals surface area (Å²) in [6.07, 6.45) is 4.34. The zero-order valence-electron chi connectivity index (χ0n) is 12.8. The van der Waals surface area contributed by atoms with Crippen molar-refractivity contribution in [1.82, 2.24) is 19.8 Å². The Morgan fingerprint density at radius 2 is 1.78 bits per heavy atom. The Morgan fingerprint density at radius 3 is 2.39 bits per heavy atom. The molecule has 2 saturated heterocycles. The summed E-state index contributed by atoms with van der Waals surface area (Å²) in [6.45, 7) is 2.13. The second-order valence-corrected chi connectivity index (χ2v) is 5.75. The summed E-state index contributed by atoms with van der Waals surface area (Å²) in [5, 5.41) is 0. The number of alkyl halides is 1. The smallest absolute Gasteiger partial charge is 0.274 e. The van der Waals surface area contributed by atoms with Crippen LogP contribution < -0.4 is 0 Å². The van der Waals surface area contributed by atoms with E-state index in [1.54, 1.807) is 0 Å². The summed E-state index contributed by atoms with van der Waals surface area (Å²) < 4.78 is 20.2. The molecule has 0 radical (unpaired) electrons. The first-order valence-corrected chi connectivity index (χ1v) is 7.71. The first-order valence-electron chi connectivity index (χ1n) is 7.71. The zero-order valence-corrected chi connectivity index (χ0v) is 12.8. The van der Waals surface area contributed by atoms with Crippen LogP contribution in [0.5, 0.6) is 0 Å². The molecular weight excluding hydrogens is 303 g/mol. The summed E-state index contributed by atoms with van der Waals surface area (Å²) in [4.78, 5) is 35.5. The fourth-order valence-electron chi connectivity index (χ4n) is 2.90. The van der Waals surface area contributed by atoms with Crippen LogP contribution in [-0.4, -0.2) is 76.6 Å². The molecule has 3 rings (SSSR count). The van der Waals surface area contributed by atoms with Crippen molar-refractivity contribution in [3.8, 4) is 0 Å². The van der Waals surface area contributed by atoms with E-state index in [4.69, 9.17) is 4.74 Å². The van der Waals surface area contributed by atoms with Gasteiger partial charge >= 0.3 is 0 Å². The van der Waals surface area contributed by atoms with E-state index < -0.39 is 11.6 Å². The van der Waals surface area contributed by atoms with Gasteiger partial charge in [-0.3, -0.25) is 14.6 Å². The van der Waals surface area contributed by atoms with Gasteiger partial charge in [-0.15, -0.1) is 0 Å². The zero-order chi connectivity index (χ0) is 16.3. The summed E-state index contributed by atoms with van der Waals surface area (Å²) in [6, 6.07) is 0.